The van der Waals surface area contributed by atoms with Gasteiger partial charge in [0.25, 0.3) is 5.91 Å². The molecule has 0 aliphatic carbocycles. The smallest absolute Gasteiger partial charge is 0.277 e. The zero-order valence-electron chi connectivity index (χ0n) is 15.2. The Morgan fingerprint density at radius 2 is 1.93 bits per heavy atom. The molecule has 3 heterocycles. The first-order valence-corrected chi connectivity index (χ1v) is 9.16. The number of nitrogens with one attached hydrogen (secondary N) is 1. The van der Waals surface area contributed by atoms with E-state index < -0.39 is 5.91 Å². The molecule has 0 fully saturated rings. The summed E-state index contributed by atoms with van der Waals surface area (Å²) in [6.07, 6.45) is 6.67. The standard InChI is InChI=1S/C21H16ClN5O2/c22-16-3-1-4-17(13-16)27-12-8-18(26-27)21(28)25-20-19(5-2-9-24-20)29-14-15-6-10-23-11-7-15/h1-13H,14H2,(H,24,25,28). The fourth-order valence-electron chi connectivity index (χ4n) is 2.62. The fourth-order valence-corrected chi connectivity index (χ4v) is 2.80. The van der Waals surface area contributed by atoms with Crippen molar-refractivity contribution in [2.45, 2.75) is 6.61 Å². The highest BCUT2D eigenvalue weighted by Gasteiger charge is 2.14. The van der Waals surface area contributed by atoms with Crippen molar-refractivity contribution in [2.75, 3.05) is 5.32 Å². The first kappa shape index (κ1) is 18.6. The summed E-state index contributed by atoms with van der Waals surface area (Å²) < 4.78 is 7.39. The van der Waals surface area contributed by atoms with Gasteiger partial charge in [0.15, 0.2) is 17.3 Å². The van der Waals surface area contributed by atoms with Crippen LogP contribution in [-0.4, -0.2) is 25.7 Å². The summed E-state index contributed by atoms with van der Waals surface area (Å²) in [6, 6.07) is 16.0. The van der Waals surface area contributed by atoms with Gasteiger partial charge in [-0.3, -0.25) is 9.78 Å². The predicted octanol–water partition coefficient (Wildman–Crippen LogP) is 4.15. The van der Waals surface area contributed by atoms with Gasteiger partial charge in [-0.1, -0.05) is 17.7 Å². The molecule has 0 saturated carbocycles. The van der Waals surface area contributed by atoms with Gasteiger partial charge in [-0.05, 0) is 54.1 Å². The van der Waals surface area contributed by atoms with Gasteiger partial charge in [0.05, 0.1) is 5.69 Å². The number of benzene rings is 1. The SMILES string of the molecule is O=C(Nc1ncccc1OCc1ccncc1)c1ccn(-c2cccc(Cl)c2)n1. The van der Waals surface area contributed by atoms with Crippen molar-refractivity contribution in [1.29, 1.82) is 0 Å². The van der Waals surface area contributed by atoms with Gasteiger partial charge >= 0.3 is 0 Å². The van der Waals surface area contributed by atoms with Gasteiger partial charge in [0, 0.05) is 29.8 Å². The minimum atomic E-state index is -0.391. The van der Waals surface area contributed by atoms with Gasteiger partial charge in [-0.2, -0.15) is 5.10 Å². The molecule has 0 atom stereocenters. The maximum Gasteiger partial charge on any atom is 0.277 e. The van der Waals surface area contributed by atoms with E-state index in [4.69, 9.17) is 16.3 Å². The van der Waals surface area contributed by atoms with E-state index in [0.717, 1.165) is 11.3 Å². The molecule has 4 aromatic rings. The number of pyridine rings is 2. The fraction of sp³-hybridized carbons (Fsp3) is 0.0476. The van der Waals surface area contributed by atoms with Crippen molar-refractivity contribution in [3.63, 3.8) is 0 Å². The molecular weight excluding hydrogens is 390 g/mol. The maximum atomic E-state index is 12.6. The summed E-state index contributed by atoms with van der Waals surface area (Å²) >= 11 is 6.02. The van der Waals surface area contributed by atoms with Gasteiger partial charge in [-0.25, -0.2) is 9.67 Å². The van der Waals surface area contributed by atoms with Crippen LogP contribution in [0.5, 0.6) is 5.75 Å². The lowest BCUT2D eigenvalue weighted by Gasteiger charge is -2.11. The second-order valence-electron chi connectivity index (χ2n) is 6.07. The third-order valence-corrected chi connectivity index (χ3v) is 4.28. The number of hydrogen-bond donors (Lipinski definition) is 1. The van der Waals surface area contributed by atoms with Crippen molar-refractivity contribution in [3.8, 4) is 11.4 Å². The summed E-state index contributed by atoms with van der Waals surface area (Å²) in [5, 5.41) is 7.65. The number of rotatable bonds is 6. The number of carbonyl (C=O) groups excluding carboxylic acids is 1. The molecule has 0 saturated heterocycles. The minimum absolute atomic E-state index is 0.246. The number of ether oxygens (including phenoxy) is 1. The van der Waals surface area contributed by atoms with Crippen LogP contribution in [0, 0.1) is 0 Å². The largest absolute Gasteiger partial charge is 0.485 e. The quantitative estimate of drug-likeness (QED) is 0.521. The van der Waals surface area contributed by atoms with E-state index in [9.17, 15) is 4.79 Å². The molecule has 0 aliphatic rings. The van der Waals surface area contributed by atoms with E-state index in [-0.39, 0.29) is 5.69 Å². The number of halogens is 1. The maximum absolute atomic E-state index is 12.6. The molecule has 0 bridgehead atoms. The van der Waals surface area contributed by atoms with Crippen molar-refractivity contribution >= 4 is 23.3 Å². The molecular formula is C21H16ClN5O2. The van der Waals surface area contributed by atoms with Crippen molar-refractivity contribution in [1.82, 2.24) is 19.7 Å². The Kier molecular flexibility index (Phi) is 5.49. The summed E-state index contributed by atoms with van der Waals surface area (Å²) in [4.78, 5) is 20.8. The Labute approximate surface area is 172 Å². The molecule has 0 aliphatic heterocycles. The van der Waals surface area contributed by atoms with Crippen molar-refractivity contribution in [3.05, 3.63) is 95.7 Å². The highest BCUT2D eigenvalue weighted by molar-refractivity contribution is 6.30. The zero-order valence-corrected chi connectivity index (χ0v) is 16.0. The van der Waals surface area contributed by atoms with Crippen LogP contribution < -0.4 is 10.1 Å². The van der Waals surface area contributed by atoms with Crippen LogP contribution in [0.2, 0.25) is 5.02 Å². The second-order valence-corrected chi connectivity index (χ2v) is 6.51. The molecule has 8 heteroatoms. The molecule has 1 amide bonds. The van der Waals surface area contributed by atoms with E-state index in [1.54, 1.807) is 59.8 Å². The lowest BCUT2D eigenvalue weighted by Crippen LogP contribution is -2.15. The van der Waals surface area contributed by atoms with Crippen LogP contribution in [0.3, 0.4) is 0 Å². The average Bonchev–Trinajstić information content (AvgIpc) is 3.24. The highest BCUT2D eigenvalue weighted by atomic mass is 35.5. The average molecular weight is 406 g/mol. The summed E-state index contributed by atoms with van der Waals surface area (Å²) in [6.45, 7) is 0.334. The van der Waals surface area contributed by atoms with Crippen LogP contribution in [0.1, 0.15) is 16.1 Å². The number of carbonyl (C=O) groups is 1. The van der Waals surface area contributed by atoms with Gasteiger partial charge in [0.2, 0.25) is 0 Å². The Hall–Kier alpha value is -3.71. The number of hydrogen-bond acceptors (Lipinski definition) is 5. The molecule has 3 aromatic heterocycles. The lowest BCUT2D eigenvalue weighted by atomic mass is 10.3. The van der Waals surface area contributed by atoms with Crippen LogP contribution in [0.15, 0.2) is 79.4 Å². The van der Waals surface area contributed by atoms with Crippen LogP contribution in [0.4, 0.5) is 5.82 Å². The Morgan fingerprint density at radius 3 is 2.76 bits per heavy atom. The third kappa shape index (κ3) is 4.59. The van der Waals surface area contributed by atoms with E-state index >= 15 is 0 Å². The summed E-state index contributed by atoms with van der Waals surface area (Å²) in [5.41, 5.74) is 1.97. The Morgan fingerprint density at radius 1 is 1.07 bits per heavy atom. The first-order valence-electron chi connectivity index (χ1n) is 8.79. The molecule has 29 heavy (non-hydrogen) atoms. The first-order chi connectivity index (χ1) is 14.2. The van der Waals surface area contributed by atoms with Crippen molar-refractivity contribution < 1.29 is 9.53 Å². The molecule has 0 spiro atoms. The second kappa shape index (κ2) is 8.53. The highest BCUT2D eigenvalue weighted by Crippen LogP contribution is 2.23. The van der Waals surface area contributed by atoms with Crippen LogP contribution in [-0.2, 0) is 6.61 Å². The number of nitrogens with zero attached hydrogens (tertiary/aromatic N) is 4. The van der Waals surface area contributed by atoms with Crippen LogP contribution >= 0.6 is 11.6 Å². The predicted molar refractivity (Wildman–Crippen MR) is 109 cm³/mol. The lowest BCUT2D eigenvalue weighted by molar-refractivity contribution is 0.102. The van der Waals surface area contributed by atoms with Gasteiger partial charge < -0.3 is 10.1 Å². The Bertz CT molecular complexity index is 1130. The van der Waals surface area contributed by atoms with E-state index in [2.05, 4.69) is 20.4 Å². The molecule has 1 N–H and O–H groups in total. The van der Waals surface area contributed by atoms with E-state index in [1.807, 2.05) is 24.3 Å². The zero-order chi connectivity index (χ0) is 20.1. The van der Waals surface area contributed by atoms with E-state index in [1.165, 1.54) is 0 Å². The number of anilines is 1. The Balaban J connectivity index is 1.48. The number of amides is 1. The molecule has 144 valence electrons. The topological polar surface area (TPSA) is 81.9 Å². The molecule has 7 nitrogen and oxygen atoms in total. The van der Waals surface area contributed by atoms with Gasteiger partial charge in [0.1, 0.15) is 6.61 Å². The number of aromatic nitrogens is 4. The molecule has 4 rings (SSSR count). The molecule has 1 aromatic carbocycles. The minimum Gasteiger partial charge on any atom is -0.485 e. The molecule has 0 radical (unpaired) electrons. The van der Waals surface area contributed by atoms with Crippen LogP contribution in [0.25, 0.3) is 5.69 Å². The summed E-state index contributed by atoms with van der Waals surface area (Å²) in [7, 11) is 0. The monoisotopic (exact) mass is 405 g/mol. The van der Waals surface area contributed by atoms with Gasteiger partial charge in [-0.15, -0.1) is 0 Å². The van der Waals surface area contributed by atoms with Crippen molar-refractivity contribution in [2.24, 2.45) is 0 Å². The normalized spacial score (nSPS) is 10.5. The molecule has 0 unspecified atom stereocenters. The van der Waals surface area contributed by atoms with E-state index in [0.29, 0.717) is 23.2 Å². The third-order valence-electron chi connectivity index (χ3n) is 4.04. The summed E-state index contributed by atoms with van der Waals surface area (Å²) in [5.74, 6) is 0.397.